The Labute approximate surface area is 211 Å². The van der Waals surface area contributed by atoms with Crippen molar-refractivity contribution >= 4 is 28.4 Å². The van der Waals surface area contributed by atoms with Gasteiger partial charge in [0.2, 0.25) is 11.8 Å². The van der Waals surface area contributed by atoms with Gasteiger partial charge < -0.3 is 15.0 Å². The van der Waals surface area contributed by atoms with E-state index >= 15 is 0 Å². The van der Waals surface area contributed by atoms with Gasteiger partial charge in [-0.2, -0.15) is 5.10 Å². The molecule has 1 aliphatic carbocycles. The molecule has 2 amide bonds. The fraction of sp³-hybridized carbons (Fsp3) is 0.250. The molecule has 1 N–H and O–H groups in total. The first-order valence-electron chi connectivity index (χ1n) is 12.1. The SMILES string of the molecule is COc1cccc(C2C(NC(=O)C3CC3F)CC(=O)N2c2ccc3c(cnn3-c3ccc(F)cc3)c2)c1. The van der Waals surface area contributed by atoms with Crippen molar-refractivity contribution in [3.8, 4) is 11.4 Å². The van der Waals surface area contributed by atoms with Crippen LogP contribution in [0.5, 0.6) is 5.75 Å². The Morgan fingerprint density at radius 1 is 1.08 bits per heavy atom. The molecule has 188 valence electrons. The summed E-state index contributed by atoms with van der Waals surface area (Å²) in [5, 5.41) is 8.17. The maximum Gasteiger partial charge on any atom is 0.229 e. The quantitative estimate of drug-likeness (QED) is 0.422. The lowest BCUT2D eigenvalue weighted by Crippen LogP contribution is -2.41. The van der Waals surface area contributed by atoms with Crippen molar-refractivity contribution in [1.82, 2.24) is 15.1 Å². The normalized spacial score (nSPS) is 22.9. The molecule has 37 heavy (non-hydrogen) atoms. The number of ether oxygens (including phenoxy) is 1. The molecule has 2 fully saturated rings. The molecule has 1 saturated heterocycles. The zero-order valence-corrected chi connectivity index (χ0v) is 20.0. The molecule has 4 unspecified atom stereocenters. The van der Waals surface area contributed by atoms with E-state index in [2.05, 4.69) is 10.4 Å². The average Bonchev–Trinajstić information content (AvgIpc) is 3.35. The van der Waals surface area contributed by atoms with E-state index in [4.69, 9.17) is 4.74 Å². The smallest absolute Gasteiger partial charge is 0.229 e. The molecule has 0 spiro atoms. The molecule has 4 aromatic rings. The third-order valence-electron chi connectivity index (χ3n) is 7.04. The Kier molecular flexibility index (Phi) is 5.62. The van der Waals surface area contributed by atoms with Crippen molar-refractivity contribution in [1.29, 1.82) is 0 Å². The van der Waals surface area contributed by atoms with E-state index in [1.807, 2.05) is 42.5 Å². The van der Waals surface area contributed by atoms with Gasteiger partial charge in [-0.25, -0.2) is 13.5 Å². The van der Waals surface area contributed by atoms with Crippen molar-refractivity contribution in [2.75, 3.05) is 12.0 Å². The molecular formula is C28H24F2N4O3. The van der Waals surface area contributed by atoms with Crippen LogP contribution in [-0.4, -0.2) is 40.9 Å². The van der Waals surface area contributed by atoms with Crippen molar-refractivity contribution in [2.45, 2.75) is 31.1 Å². The molecular weight excluding hydrogens is 478 g/mol. The van der Waals surface area contributed by atoms with Crippen molar-refractivity contribution < 1.29 is 23.1 Å². The number of hydrogen-bond acceptors (Lipinski definition) is 4. The summed E-state index contributed by atoms with van der Waals surface area (Å²) in [6.07, 6.45) is 0.874. The molecule has 9 heteroatoms. The number of aromatic nitrogens is 2. The number of nitrogens with zero attached hydrogens (tertiary/aromatic N) is 3. The zero-order chi connectivity index (χ0) is 25.7. The van der Waals surface area contributed by atoms with Crippen LogP contribution in [0.25, 0.3) is 16.6 Å². The molecule has 0 radical (unpaired) electrons. The maximum absolute atomic E-state index is 13.5. The van der Waals surface area contributed by atoms with Crippen molar-refractivity contribution in [3.63, 3.8) is 0 Å². The Morgan fingerprint density at radius 2 is 1.84 bits per heavy atom. The number of amides is 2. The third kappa shape index (κ3) is 4.20. The molecule has 1 aliphatic heterocycles. The number of carbonyl (C=O) groups is 2. The molecule has 3 aromatic carbocycles. The lowest BCUT2D eigenvalue weighted by atomic mass is 9.99. The van der Waals surface area contributed by atoms with E-state index in [9.17, 15) is 18.4 Å². The number of hydrogen-bond donors (Lipinski definition) is 1. The summed E-state index contributed by atoms with van der Waals surface area (Å²) < 4.78 is 34.0. The number of fused-ring (bicyclic) bond motifs is 1. The summed E-state index contributed by atoms with van der Waals surface area (Å²) in [5.74, 6) is -0.872. The van der Waals surface area contributed by atoms with Crippen LogP contribution in [0, 0.1) is 11.7 Å². The fourth-order valence-corrected chi connectivity index (χ4v) is 5.06. The lowest BCUT2D eigenvalue weighted by molar-refractivity contribution is -0.123. The Morgan fingerprint density at radius 3 is 2.57 bits per heavy atom. The molecule has 4 atom stereocenters. The first-order chi connectivity index (χ1) is 17.9. The fourth-order valence-electron chi connectivity index (χ4n) is 5.06. The molecule has 0 bridgehead atoms. The van der Waals surface area contributed by atoms with Crippen LogP contribution in [0.4, 0.5) is 14.5 Å². The van der Waals surface area contributed by atoms with Gasteiger partial charge in [-0.05, 0) is 66.6 Å². The van der Waals surface area contributed by atoms with Gasteiger partial charge in [0, 0.05) is 17.5 Å². The average molecular weight is 503 g/mol. The summed E-state index contributed by atoms with van der Waals surface area (Å²) in [5.41, 5.74) is 2.96. The van der Waals surface area contributed by atoms with Gasteiger partial charge in [0.05, 0.1) is 42.5 Å². The minimum atomic E-state index is -1.12. The van der Waals surface area contributed by atoms with Gasteiger partial charge in [-0.15, -0.1) is 0 Å². The van der Waals surface area contributed by atoms with Crippen LogP contribution in [0.3, 0.4) is 0 Å². The highest BCUT2D eigenvalue weighted by atomic mass is 19.1. The van der Waals surface area contributed by atoms with Gasteiger partial charge in [0.25, 0.3) is 0 Å². The predicted molar refractivity (Wildman–Crippen MR) is 134 cm³/mol. The largest absolute Gasteiger partial charge is 0.497 e. The summed E-state index contributed by atoms with van der Waals surface area (Å²) in [4.78, 5) is 27.7. The number of nitrogens with one attached hydrogen (secondary N) is 1. The van der Waals surface area contributed by atoms with E-state index in [1.54, 1.807) is 35.0 Å². The van der Waals surface area contributed by atoms with Gasteiger partial charge in [-0.1, -0.05) is 12.1 Å². The zero-order valence-electron chi connectivity index (χ0n) is 20.0. The highest BCUT2D eigenvalue weighted by Crippen LogP contribution is 2.41. The van der Waals surface area contributed by atoms with Gasteiger partial charge in [0.1, 0.15) is 17.7 Å². The number of methoxy groups -OCH3 is 1. The number of alkyl halides is 1. The number of halogens is 2. The number of rotatable bonds is 6. The second-order valence-electron chi connectivity index (χ2n) is 9.44. The Balaban J connectivity index is 1.38. The number of anilines is 1. The Hall–Kier alpha value is -4.27. The minimum Gasteiger partial charge on any atom is -0.497 e. The van der Waals surface area contributed by atoms with Crippen LogP contribution in [-0.2, 0) is 9.59 Å². The molecule has 6 rings (SSSR count). The topological polar surface area (TPSA) is 76.5 Å². The second kappa shape index (κ2) is 8.99. The minimum absolute atomic E-state index is 0.0875. The molecule has 2 aliphatic rings. The summed E-state index contributed by atoms with van der Waals surface area (Å²) in [6, 6.07) is 17.9. The molecule has 2 heterocycles. The van der Waals surface area contributed by atoms with E-state index in [0.717, 1.165) is 16.5 Å². The van der Waals surface area contributed by atoms with Crippen LogP contribution in [0.2, 0.25) is 0 Å². The van der Waals surface area contributed by atoms with Gasteiger partial charge >= 0.3 is 0 Å². The van der Waals surface area contributed by atoms with Crippen LogP contribution >= 0.6 is 0 Å². The van der Waals surface area contributed by atoms with Crippen LogP contribution < -0.4 is 15.0 Å². The highest BCUT2D eigenvalue weighted by molar-refractivity contribution is 6.00. The van der Waals surface area contributed by atoms with Gasteiger partial charge in [-0.3, -0.25) is 9.59 Å². The van der Waals surface area contributed by atoms with Crippen molar-refractivity contribution in [3.05, 3.63) is 84.3 Å². The summed E-state index contributed by atoms with van der Waals surface area (Å²) >= 11 is 0. The number of benzene rings is 3. The predicted octanol–water partition coefficient (Wildman–Crippen LogP) is 4.49. The van der Waals surface area contributed by atoms with Crippen LogP contribution in [0.1, 0.15) is 24.4 Å². The maximum atomic E-state index is 13.5. The van der Waals surface area contributed by atoms with E-state index in [1.165, 1.54) is 12.1 Å². The van der Waals surface area contributed by atoms with Crippen LogP contribution in [0.15, 0.2) is 72.9 Å². The molecule has 1 aromatic heterocycles. The second-order valence-corrected chi connectivity index (χ2v) is 9.44. The standard InChI is InChI=1S/C28H24F2N4O3/c1-37-21-4-2-3-16(12-21)27-24(32-28(36)22-13-23(22)30)14-26(35)33(27)20-9-10-25-17(11-20)15-31-34(25)19-7-5-18(29)6-8-19/h2-12,15,22-24,27H,13-14H2,1H3,(H,32,36). The summed E-state index contributed by atoms with van der Waals surface area (Å²) in [6.45, 7) is 0. The number of carbonyl (C=O) groups excluding carboxylic acids is 2. The first-order valence-corrected chi connectivity index (χ1v) is 12.1. The van der Waals surface area contributed by atoms with E-state index < -0.39 is 24.2 Å². The third-order valence-corrected chi connectivity index (χ3v) is 7.04. The lowest BCUT2D eigenvalue weighted by Gasteiger charge is -2.29. The molecule has 7 nitrogen and oxygen atoms in total. The first kappa shape index (κ1) is 23.1. The van der Waals surface area contributed by atoms with E-state index in [-0.39, 0.29) is 30.5 Å². The van der Waals surface area contributed by atoms with Crippen molar-refractivity contribution in [2.24, 2.45) is 5.92 Å². The monoisotopic (exact) mass is 502 g/mol. The van der Waals surface area contributed by atoms with E-state index in [0.29, 0.717) is 17.1 Å². The summed E-state index contributed by atoms with van der Waals surface area (Å²) in [7, 11) is 1.57. The Bertz CT molecular complexity index is 1500. The highest BCUT2D eigenvalue weighted by Gasteiger charge is 2.48. The van der Waals surface area contributed by atoms with Gasteiger partial charge in [0.15, 0.2) is 0 Å². The molecule has 1 saturated carbocycles.